The highest BCUT2D eigenvalue weighted by molar-refractivity contribution is 6.09. The predicted molar refractivity (Wildman–Crippen MR) is 130 cm³/mol. The van der Waals surface area contributed by atoms with Crippen LogP contribution in [-0.4, -0.2) is 5.91 Å². The first-order valence-electron chi connectivity index (χ1n) is 10.6. The van der Waals surface area contributed by atoms with Gasteiger partial charge in [0, 0.05) is 5.69 Å². The summed E-state index contributed by atoms with van der Waals surface area (Å²) in [4.78, 5) is 12.5. The van der Waals surface area contributed by atoms with E-state index in [4.69, 9.17) is 4.74 Å². The summed E-state index contributed by atoms with van der Waals surface area (Å²) in [7, 11) is 0. The molecule has 0 heterocycles. The zero-order valence-corrected chi connectivity index (χ0v) is 19.2. The number of rotatable bonds is 6. The Bertz CT molecular complexity index is 1190. The van der Waals surface area contributed by atoms with E-state index in [0.29, 0.717) is 12.3 Å². The molecule has 4 nitrogen and oxygen atoms in total. The van der Waals surface area contributed by atoms with Gasteiger partial charge in [0.05, 0.1) is 0 Å². The molecule has 0 radical (unpaired) electrons. The van der Waals surface area contributed by atoms with Gasteiger partial charge in [0.15, 0.2) is 0 Å². The van der Waals surface area contributed by atoms with Gasteiger partial charge >= 0.3 is 0 Å². The Labute approximate surface area is 190 Å². The van der Waals surface area contributed by atoms with Crippen molar-refractivity contribution in [1.29, 1.82) is 5.26 Å². The van der Waals surface area contributed by atoms with Crippen LogP contribution >= 0.6 is 0 Å². The lowest BCUT2D eigenvalue weighted by molar-refractivity contribution is -0.112. The quantitative estimate of drug-likeness (QED) is 0.370. The van der Waals surface area contributed by atoms with Crippen LogP contribution < -0.4 is 10.1 Å². The van der Waals surface area contributed by atoms with Gasteiger partial charge in [0.25, 0.3) is 5.91 Å². The van der Waals surface area contributed by atoms with Crippen LogP contribution in [0.4, 0.5) is 5.69 Å². The average Bonchev–Trinajstić information content (AvgIpc) is 2.74. The Morgan fingerprint density at radius 3 is 2.16 bits per heavy atom. The molecule has 0 bridgehead atoms. The van der Waals surface area contributed by atoms with E-state index in [-0.39, 0.29) is 5.57 Å². The fourth-order valence-electron chi connectivity index (χ4n) is 3.59. The molecule has 1 N–H and O–H groups in total. The standard InChI is InChI=1S/C28H28N2O2/c1-18-12-21(4)27(22(5)13-18)17-32-26-10-7-23(8-11-26)15-24(16-29)28(31)30-25-9-6-19(2)20(3)14-25/h6-15H,17H2,1-5H3,(H,30,31)/b24-15+. The molecule has 3 aromatic rings. The average molecular weight is 425 g/mol. The maximum Gasteiger partial charge on any atom is 0.266 e. The Morgan fingerprint density at radius 1 is 0.906 bits per heavy atom. The summed E-state index contributed by atoms with van der Waals surface area (Å²) in [6.45, 7) is 10.8. The van der Waals surface area contributed by atoms with E-state index in [1.807, 2.05) is 62.4 Å². The van der Waals surface area contributed by atoms with Crippen LogP contribution in [0.2, 0.25) is 0 Å². The normalized spacial score (nSPS) is 11.1. The second-order valence-corrected chi connectivity index (χ2v) is 8.16. The summed E-state index contributed by atoms with van der Waals surface area (Å²) in [6, 6.07) is 19.4. The predicted octanol–water partition coefficient (Wildman–Crippen LogP) is 6.35. The number of hydrogen-bond donors (Lipinski definition) is 1. The third kappa shape index (κ3) is 5.65. The number of hydrogen-bond acceptors (Lipinski definition) is 3. The summed E-state index contributed by atoms with van der Waals surface area (Å²) in [5, 5.41) is 12.3. The molecule has 0 saturated heterocycles. The van der Waals surface area contributed by atoms with E-state index >= 15 is 0 Å². The van der Waals surface area contributed by atoms with Gasteiger partial charge in [-0.2, -0.15) is 5.26 Å². The number of ether oxygens (including phenoxy) is 1. The van der Waals surface area contributed by atoms with E-state index in [1.165, 1.54) is 22.3 Å². The van der Waals surface area contributed by atoms with Crippen molar-refractivity contribution < 1.29 is 9.53 Å². The highest BCUT2D eigenvalue weighted by atomic mass is 16.5. The largest absolute Gasteiger partial charge is 0.489 e. The molecule has 0 fully saturated rings. The number of nitrogens with one attached hydrogen (secondary N) is 1. The number of nitrogens with zero attached hydrogens (tertiary/aromatic N) is 1. The summed E-state index contributed by atoms with van der Waals surface area (Å²) in [5.74, 6) is 0.306. The maximum atomic E-state index is 12.5. The molecule has 0 unspecified atom stereocenters. The molecule has 0 atom stereocenters. The van der Waals surface area contributed by atoms with Gasteiger partial charge in [-0.05, 0) is 98.3 Å². The number of carbonyl (C=O) groups is 1. The second-order valence-electron chi connectivity index (χ2n) is 8.16. The van der Waals surface area contributed by atoms with Gasteiger partial charge in [-0.1, -0.05) is 35.9 Å². The van der Waals surface area contributed by atoms with Crippen molar-refractivity contribution in [3.63, 3.8) is 0 Å². The molecular formula is C28H28N2O2. The zero-order valence-electron chi connectivity index (χ0n) is 19.2. The number of aryl methyl sites for hydroxylation is 5. The van der Waals surface area contributed by atoms with Crippen molar-refractivity contribution in [3.05, 3.63) is 99.1 Å². The molecule has 3 aromatic carbocycles. The third-order valence-corrected chi connectivity index (χ3v) is 5.54. The van der Waals surface area contributed by atoms with Gasteiger partial charge in [-0.25, -0.2) is 0 Å². The van der Waals surface area contributed by atoms with Crippen LogP contribution in [0.15, 0.2) is 60.2 Å². The lowest BCUT2D eigenvalue weighted by Gasteiger charge is -2.13. The van der Waals surface area contributed by atoms with Crippen molar-refractivity contribution in [1.82, 2.24) is 0 Å². The molecule has 0 aliphatic heterocycles. The minimum Gasteiger partial charge on any atom is -0.489 e. The fraction of sp³-hybridized carbons (Fsp3) is 0.214. The molecule has 162 valence electrons. The Kier molecular flexibility index (Phi) is 7.12. The summed E-state index contributed by atoms with van der Waals surface area (Å²) < 4.78 is 5.96. The molecule has 0 aromatic heterocycles. The molecule has 1 amide bonds. The van der Waals surface area contributed by atoms with Crippen molar-refractivity contribution in [2.75, 3.05) is 5.32 Å². The Hall–Kier alpha value is -3.84. The zero-order chi connectivity index (χ0) is 23.3. The third-order valence-electron chi connectivity index (χ3n) is 5.54. The molecule has 0 aliphatic rings. The SMILES string of the molecule is Cc1cc(C)c(COc2ccc(/C=C(\C#N)C(=O)Nc3ccc(C)c(C)c3)cc2)c(C)c1. The van der Waals surface area contributed by atoms with Gasteiger partial charge in [0.1, 0.15) is 24.0 Å². The number of benzene rings is 3. The Morgan fingerprint density at radius 2 is 1.56 bits per heavy atom. The van der Waals surface area contributed by atoms with E-state index in [2.05, 4.69) is 38.2 Å². The summed E-state index contributed by atoms with van der Waals surface area (Å²) in [5.41, 5.74) is 8.57. The van der Waals surface area contributed by atoms with Crippen LogP contribution in [0.3, 0.4) is 0 Å². The van der Waals surface area contributed by atoms with Crippen molar-refractivity contribution in [2.24, 2.45) is 0 Å². The van der Waals surface area contributed by atoms with Gasteiger partial charge in [0.2, 0.25) is 0 Å². The topological polar surface area (TPSA) is 62.1 Å². The fourth-order valence-corrected chi connectivity index (χ4v) is 3.59. The van der Waals surface area contributed by atoms with Crippen LogP contribution in [0.5, 0.6) is 5.75 Å². The van der Waals surface area contributed by atoms with Crippen LogP contribution in [0.1, 0.15) is 38.9 Å². The van der Waals surface area contributed by atoms with Gasteiger partial charge in [-0.3, -0.25) is 4.79 Å². The number of anilines is 1. The molecule has 0 aliphatic carbocycles. The van der Waals surface area contributed by atoms with Gasteiger partial charge in [-0.15, -0.1) is 0 Å². The van der Waals surface area contributed by atoms with Crippen LogP contribution in [-0.2, 0) is 11.4 Å². The first-order valence-corrected chi connectivity index (χ1v) is 10.6. The maximum absolute atomic E-state index is 12.5. The van der Waals surface area contributed by atoms with E-state index in [0.717, 1.165) is 22.4 Å². The lowest BCUT2D eigenvalue weighted by Crippen LogP contribution is -2.13. The smallest absolute Gasteiger partial charge is 0.266 e. The highest BCUT2D eigenvalue weighted by Crippen LogP contribution is 2.21. The van der Waals surface area contributed by atoms with Crippen molar-refractivity contribution in [2.45, 2.75) is 41.2 Å². The van der Waals surface area contributed by atoms with Crippen molar-refractivity contribution >= 4 is 17.7 Å². The Balaban J connectivity index is 1.68. The molecule has 3 rings (SSSR count). The highest BCUT2D eigenvalue weighted by Gasteiger charge is 2.10. The van der Waals surface area contributed by atoms with Crippen LogP contribution in [0.25, 0.3) is 6.08 Å². The van der Waals surface area contributed by atoms with E-state index in [9.17, 15) is 10.1 Å². The molecule has 0 spiro atoms. The monoisotopic (exact) mass is 424 g/mol. The van der Waals surface area contributed by atoms with Crippen molar-refractivity contribution in [3.8, 4) is 11.8 Å². The minimum absolute atomic E-state index is 0.0443. The summed E-state index contributed by atoms with van der Waals surface area (Å²) >= 11 is 0. The second kappa shape index (κ2) is 9.98. The summed E-state index contributed by atoms with van der Waals surface area (Å²) in [6.07, 6.45) is 1.58. The van der Waals surface area contributed by atoms with E-state index < -0.39 is 5.91 Å². The number of nitriles is 1. The molecule has 32 heavy (non-hydrogen) atoms. The first kappa shape index (κ1) is 22.8. The molecular weight excluding hydrogens is 396 g/mol. The number of amides is 1. The van der Waals surface area contributed by atoms with E-state index in [1.54, 1.807) is 6.08 Å². The molecule has 0 saturated carbocycles. The van der Waals surface area contributed by atoms with Crippen LogP contribution in [0, 0.1) is 45.9 Å². The lowest BCUT2D eigenvalue weighted by atomic mass is 10.0. The van der Waals surface area contributed by atoms with Gasteiger partial charge < -0.3 is 10.1 Å². The minimum atomic E-state index is -0.429. The first-order chi connectivity index (χ1) is 15.3. The molecule has 4 heteroatoms. The number of carbonyl (C=O) groups excluding carboxylic acids is 1.